The molecule has 112 valence electrons. The molecular formula is C20H14O3. The Labute approximate surface area is 134 Å². The summed E-state index contributed by atoms with van der Waals surface area (Å²) in [4.78, 5) is 23.7. The largest absolute Gasteiger partial charge is 0.386 e. The third-order valence-electron chi connectivity index (χ3n) is 3.40. The summed E-state index contributed by atoms with van der Waals surface area (Å²) in [5, 5.41) is 0. The molecule has 0 saturated carbocycles. The normalized spacial score (nSPS) is 15.0. The highest BCUT2D eigenvalue weighted by Gasteiger charge is 2.29. The first-order valence-corrected chi connectivity index (χ1v) is 7.21. The maximum Gasteiger partial charge on any atom is 0.346 e. The van der Waals surface area contributed by atoms with E-state index in [1.807, 2.05) is 60.7 Å². The summed E-state index contributed by atoms with van der Waals surface area (Å²) in [6.07, 6.45) is 6.80. The van der Waals surface area contributed by atoms with E-state index in [0.717, 1.165) is 11.1 Å². The van der Waals surface area contributed by atoms with E-state index in [9.17, 15) is 9.59 Å². The van der Waals surface area contributed by atoms with Crippen molar-refractivity contribution in [3.05, 3.63) is 95.1 Å². The van der Waals surface area contributed by atoms with E-state index in [1.165, 1.54) is 0 Å². The number of carbonyl (C=O) groups excluding carboxylic acids is 2. The van der Waals surface area contributed by atoms with E-state index in [-0.39, 0.29) is 11.1 Å². The van der Waals surface area contributed by atoms with Crippen molar-refractivity contribution in [2.75, 3.05) is 0 Å². The zero-order valence-electron chi connectivity index (χ0n) is 12.3. The van der Waals surface area contributed by atoms with Crippen LogP contribution in [0.5, 0.6) is 0 Å². The van der Waals surface area contributed by atoms with Crippen LogP contribution in [0.3, 0.4) is 0 Å². The molecule has 2 aromatic carbocycles. The zero-order valence-corrected chi connectivity index (χ0v) is 12.3. The molecule has 3 nitrogen and oxygen atoms in total. The van der Waals surface area contributed by atoms with Gasteiger partial charge < -0.3 is 4.74 Å². The molecule has 23 heavy (non-hydrogen) atoms. The molecule has 0 N–H and O–H groups in total. The molecule has 1 aliphatic rings. The van der Waals surface area contributed by atoms with Gasteiger partial charge in [0, 0.05) is 0 Å². The lowest BCUT2D eigenvalue weighted by Crippen LogP contribution is -2.01. The van der Waals surface area contributed by atoms with Crippen molar-refractivity contribution in [2.24, 2.45) is 0 Å². The predicted molar refractivity (Wildman–Crippen MR) is 89.1 cm³/mol. The molecule has 3 heteroatoms. The van der Waals surface area contributed by atoms with Gasteiger partial charge in [-0.25, -0.2) is 9.59 Å². The van der Waals surface area contributed by atoms with E-state index in [1.54, 1.807) is 24.3 Å². The van der Waals surface area contributed by atoms with Crippen LogP contribution >= 0.6 is 0 Å². The number of hydrogen-bond donors (Lipinski definition) is 0. The van der Waals surface area contributed by atoms with Crippen molar-refractivity contribution in [3.8, 4) is 0 Å². The third-order valence-corrected chi connectivity index (χ3v) is 3.40. The first kappa shape index (κ1) is 14.7. The highest BCUT2D eigenvalue weighted by molar-refractivity contribution is 6.16. The average molecular weight is 302 g/mol. The SMILES string of the molecule is O=C1OC(=O)C(/C=C/c2ccccc2)=C1/C=C/c1ccccc1. The van der Waals surface area contributed by atoms with E-state index < -0.39 is 11.9 Å². The van der Waals surface area contributed by atoms with Crippen LogP contribution in [-0.4, -0.2) is 11.9 Å². The molecular weight excluding hydrogens is 288 g/mol. The highest BCUT2D eigenvalue weighted by atomic mass is 16.6. The van der Waals surface area contributed by atoms with Gasteiger partial charge in [0.15, 0.2) is 0 Å². The van der Waals surface area contributed by atoms with E-state index in [4.69, 9.17) is 4.74 Å². The second-order valence-corrected chi connectivity index (χ2v) is 4.99. The summed E-state index contributed by atoms with van der Waals surface area (Å²) in [5.74, 6) is -1.23. The van der Waals surface area contributed by atoms with Gasteiger partial charge in [0.05, 0.1) is 11.1 Å². The van der Waals surface area contributed by atoms with Crippen LogP contribution in [0.15, 0.2) is 84.0 Å². The van der Waals surface area contributed by atoms with Gasteiger partial charge in [-0.2, -0.15) is 0 Å². The molecule has 0 spiro atoms. The second kappa shape index (κ2) is 6.71. The van der Waals surface area contributed by atoms with Crippen molar-refractivity contribution in [2.45, 2.75) is 0 Å². The molecule has 0 aliphatic carbocycles. The summed E-state index contributed by atoms with van der Waals surface area (Å²) in [6.45, 7) is 0. The fourth-order valence-corrected chi connectivity index (χ4v) is 2.22. The Morgan fingerprint density at radius 3 is 1.35 bits per heavy atom. The number of esters is 2. The minimum atomic E-state index is -0.616. The van der Waals surface area contributed by atoms with Gasteiger partial charge in [-0.05, 0) is 23.3 Å². The van der Waals surface area contributed by atoms with Crippen LogP contribution in [0.25, 0.3) is 12.2 Å². The molecule has 0 radical (unpaired) electrons. The smallest absolute Gasteiger partial charge is 0.346 e. The second-order valence-electron chi connectivity index (χ2n) is 4.99. The van der Waals surface area contributed by atoms with Crippen LogP contribution < -0.4 is 0 Å². The fourth-order valence-electron chi connectivity index (χ4n) is 2.22. The Hall–Kier alpha value is -3.20. The van der Waals surface area contributed by atoms with E-state index >= 15 is 0 Å². The van der Waals surface area contributed by atoms with Crippen LogP contribution in [0.1, 0.15) is 11.1 Å². The topological polar surface area (TPSA) is 43.4 Å². The van der Waals surface area contributed by atoms with Gasteiger partial charge in [-0.15, -0.1) is 0 Å². The molecule has 0 bridgehead atoms. The summed E-state index contributed by atoms with van der Waals surface area (Å²) < 4.78 is 4.71. The van der Waals surface area contributed by atoms with E-state index in [0.29, 0.717) is 0 Å². The summed E-state index contributed by atoms with van der Waals surface area (Å²) in [5.41, 5.74) is 2.43. The Morgan fingerprint density at radius 1 is 0.565 bits per heavy atom. The average Bonchev–Trinajstić information content (AvgIpc) is 2.86. The fraction of sp³-hybridized carbons (Fsp3) is 0. The van der Waals surface area contributed by atoms with Gasteiger partial charge in [0.25, 0.3) is 0 Å². The van der Waals surface area contributed by atoms with Crippen LogP contribution in [0, 0.1) is 0 Å². The lowest BCUT2D eigenvalue weighted by atomic mass is 10.1. The lowest BCUT2D eigenvalue weighted by molar-refractivity contribution is -0.150. The van der Waals surface area contributed by atoms with Crippen molar-refractivity contribution in [1.29, 1.82) is 0 Å². The van der Waals surface area contributed by atoms with Crippen molar-refractivity contribution < 1.29 is 14.3 Å². The quantitative estimate of drug-likeness (QED) is 0.637. The molecule has 0 atom stereocenters. The minimum absolute atomic E-state index is 0.269. The monoisotopic (exact) mass is 302 g/mol. The molecule has 1 heterocycles. The standard InChI is InChI=1S/C20H14O3/c21-19-17(13-11-15-7-3-1-4-8-15)18(20(22)23-19)14-12-16-9-5-2-6-10-16/h1-14H/b13-11+,14-12+. The first-order chi connectivity index (χ1) is 11.2. The van der Waals surface area contributed by atoms with Gasteiger partial charge in [-0.3, -0.25) is 0 Å². The maximum absolute atomic E-state index is 11.8. The molecule has 0 saturated heterocycles. The number of cyclic esters (lactones) is 2. The number of ether oxygens (including phenoxy) is 1. The Balaban J connectivity index is 1.91. The van der Waals surface area contributed by atoms with Crippen LogP contribution in [0.4, 0.5) is 0 Å². The van der Waals surface area contributed by atoms with Gasteiger partial charge in [0.1, 0.15) is 0 Å². The Bertz CT molecular complexity index is 743. The molecule has 2 aromatic rings. The summed E-state index contributed by atoms with van der Waals surface area (Å²) in [6, 6.07) is 19.1. The van der Waals surface area contributed by atoms with Crippen LogP contribution in [-0.2, 0) is 14.3 Å². The summed E-state index contributed by atoms with van der Waals surface area (Å²) >= 11 is 0. The first-order valence-electron chi connectivity index (χ1n) is 7.21. The van der Waals surface area contributed by atoms with Gasteiger partial charge in [-0.1, -0.05) is 72.8 Å². The predicted octanol–water partition coefficient (Wildman–Crippen LogP) is 3.79. The van der Waals surface area contributed by atoms with Crippen molar-refractivity contribution in [3.63, 3.8) is 0 Å². The number of carbonyl (C=O) groups is 2. The number of benzene rings is 2. The molecule has 3 rings (SSSR count). The van der Waals surface area contributed by atoms with Gasteiger partial charge in [0.2, 0.25) is 0 Å². The summed E-state index contributed by atoms with van der Waals surface area (Å²) in [7, 11) is 0. The molecule has 0 unspecified atom stereocenters. The van der Waals surface area contributed by atoms with Crippen molar-refractivity contribution in [1.82, 2.24) is 0 Å². The van der Waals surface area contributed by atoms with Gasteiger partial charge >= 0.3 is 11.9 Å². The lowest BCUT2D eigenvalue weighted by Gasteiger charge is -1.94. The molecule has 0 aromatic heterocycles. The minimum Gasteiger partial charge on any atom is -0.386 e. The highest BCUT2D eigenvalue weighted by Crippen LogP contribution is 2.22. The Kier molecular flexibility index (Phi) is 4.29. The molecule has 0 amide bonds. The molecule has 1 aliphatic heterocycles. The van der Waals surface area contributed by atoms with Crippen molar-refractivity contribution >= 4 is 24.1 Å². The number of rotatable bonds is 4. The van der Waals surface area contributed by atoms with E-state index in [2.05, 4.69) is 0 Å². The Morgan fingerprint density at radius 2 is 0.957 bits per heavy atom. The maximum atomic E-state index is 11.8. The zero-order chi connectivity index (χ0) is 16.1. The van der Waals surface area contributed by atoms with Crippen LogP contribution in [0.2, 0.25) is 0 Å². The third kappa shape index (κ3) is 3.52. The molecule has 0 fully saturated rings. The number of hydrogen-bond acceptors (Lipinski definition) is 3.